The van der Waals surface area contributed by atoms with Gasteiger partial charge < -0.3 is 0 Å². The molecule has 0 amide bonds. The monoisotopic (exact) mass is 209 g/mol. The molecule has 2 fully saturated rings. The molecule has 1 aliphatic heterocycles. The Morgan fingerprint density at radius 3 is 1.93 bits per heavy atom. The summed E-state index contributed by atoms with van der Waals surface area (Å²) in [6.07, 6.45) is 2.93. The minimum Gasteiger partial charge on any atom is -0.295 e. The van der Waals surface area contributed by atoms with E-state index in [9.17, 15) is 0 Å². The molecule has 2 aliphatic rings. The molecule has 2 bridgehead atoms. The van der Waals surface area contributed by atoms with Crippen LogP contribution < -0.4 is 0 Å². The van der Waals surface area contributed by atoms with Crippen molar-refractivity contribution in [2.24, 2.45) is 17.3 Å². The Labute approximate surface area is 95.2 Å². The summed E-state index contributed by atoms with van der Waals surface area (Å²) >= 11 is 0. The first kappa shape index (κ1) is 11.4. The van der Waals surface area contributed by atoms with E-state index in [1.165, 1.54) is 19.4 Å². The Kier molecular flexibility index (Phi) is 2.46. The number of likely N-dealkylation sites (tertiary alicyclic amines) is 1. The Bertz CT molecular complexity index is 219. The molecule has 0 N–H and O–H groups in total. The molecule has 0 spiro atoms. The highest BCUT2D eigenvalue weighted by Gasteiger charge is 2.51. The quantitative estimate of drug-likeness (QED) is 0.590. The zero-order valence-corrected chi connectivity index (χ0v) is 11.3. The van der Waals surface area contributed by atoms with E-state index in [4.69, 9.17) is 0 Å². The maximum Gasteiger partial charge on any atom is 0.0137 e. The Morgan fingerprint density at radius 1 is 0.933 bits per heavy atom. The zero-order chi connectivity index (χ0) is 11.4. The molecular formula is C14H27N. The molecule has 0 aromatic carbocycles. The van der Waals surface area contributed by atoms with Gasteiger partial charge in [0.2, 0.25) is 0 Å². The van der Waals surface area contributed by atoms with Crippen LogP contribution in [-0.2, 0) is 0 Å². The van der Waals surface area contributed by atoms with Gasteiger partial charge in [-0.15, -0.1) is 0 Å². The molecule has 3 unspecified atom stereocenters. The summed E-state index contributed by atoms with van der Waals surface area (Å²) in [5.74, 6) is 1.90. The molecule has 88 valence electrons. The first-order chi connectivity index (χ1) is 6.69. The second kappa shape index (κ2) is 3.23. The van der Waals surface area contributed by atoms with Crippen LogP contribution in [-0.4, -0.2) is 23.0 Å². The summed E-state index contributed by atoms with van der Waals surface area (Å²) < 4.78 is 0. The van der Waals surface area contributed by atoms with E-state index in [0.29, 0.717) is 11.0 Å². The second-order valence-corrected chi connectivity index (χ2v) is 7.70. The number of piperidine rings is 1. The molecule has 15 heavy (non-hydrogen) atoms. The summed E-state index contributed by atoms with van der Waals surface area (Å²) in [5, 5.41) is 0. The van der Waals surface area contributed by atoms with Gasteiger partial charge in [0.15, 0.2) is 0 Å². The summed E-state index contributed by atoms with van der Waals surface area (Å²) in [5.41, 5.74) is 0.854. The molecule has 0 radical (unpaired) electrons. The van der Waals surface area contributed by atoms with Crippen LogP contribution in [0.15, 0.2) is 0 Å². The minimum absolute atomic E-state index is 0.364. The van der Waals surface area contributed by atoms with Crippen LogP contribution in [0, 0.1) is 17.3 Å². The van der Waals surface area contributed by atoms with Gasteiger partial charge >= 0.3 is 0 Å². The van der Waals surface area contributed by atoms with Crippen molar-refractivity contribution in [1.82, 2.24) is 4.90 Å². The van der Waals surface area contributed by atoms with E-state index in [1.54, 1.807) is 0 Å². The summed E-state index contributed by atoms with van der Waals surface area (Å²) in [7, 11) is 0. The lowest BCUT2D eigenvalue weighted by Crippen LogP contribution is -2.51. The lowest BCUT2D eigenvalue weighted by molar-refractivity contribution is 0.0238. The van der Waals surface area contributed by atoms with E-state index in [0.717, 1.165) is 17.9 Å². The van der Waals surface area contributed by atoms with Crippen molar-refractivity contribution < 1.29 is 0 Å². The van der Waals surface area contributed by atoms with E-state index in [1.807, 2.05) is 0 Å². The third-order valence-electron chi connectivity index (χ3n) is 4.46. The third kappa shape index (κ3) is 1.95. The third-order valence-corrected chi connectivity index (χ3v) is 4.46. The lowest BCUT2D eigenvalue weighted by Gasteiger charge is -2.46. The number of fused-ring (bicyclic) bond motifs is 2. The molecule has 2 rings (SSSR count). The van der Waals surface area contributed by atoms with Gasteiger partial charge in [0, 0.05) is 18.1 Å². The fourth-order valence-corrected chi connectivity index (χ4v) is 3.73. The normalized spacial score (nSPS) is 37.6. The van der Waals surface area contributed by atoms with Crippen molar-refractivity contribution in [2.75, 3.05) is 6.54 Å². The van der Waals surface area contributed by atoms with Crippen LogP contribution in [0.3, 0.4) is 0 Å². The zero-order valence-electron chi connectivity index (χ0n) is 11.3. The SMILES string of the molecule is CC(C)(C)C1CC2CC1N(C(C)(C)C)C2. The van der Waals surface area contributed by atoms with Crippen molar-refractivity contribution in [1.29, 1.82) is 0 Å². The van der Waals surface area contributed by atoms with Gasteiger partial charge in [0.05, 0.1) is 0 Å². The van der Waals surface area contributed by atoms with Gasteiger partial charge in [-0.1, -0.05) is 20.8 Å². The van der Waals surface area contributed by atoms with Crippen LogP contribution in [0.25, 0.3) is 0 Å². The molecular weight excluding hydrogens is 182 g/mol. The summed E-state index contributed by atoms with van der Waals surface area (Å²) in [6, 6.07) is 0.856. The fraction of sp³-hybridized carbons (Fsp3) is 1.00. The van der Waals surface area contributed by atoms with Crippen LogP contribution in [0.5, 0.6) is 0 Å². The van der Waals surface area contributed by atoms with Gasteiger partial charge in [0.25, 0.3) is 0 Å². The average Bonchev–Trinajstić information content (AvgIpc) is 2.57. The van der Waals surface area contributed by atoms with Crippen molar-refractivity contribution >= 4 is 0 Å². The molecule has 3 atom stereocenters. The molecule has 1 heterocycles. The fourth-order valence-electron chi connectivity index (χ4n) is 3.73. The van der Waals surface area contributed by atoms with Crippen molar-refractivity contribution in [2.45, 2.75) is 66.0 Å². The van der Waals surface area contributed by atoms with Gasteiger partial charge in [-0.05, 0) is 50.9 Å². The highest BCUT2D eigenvalue weighted by Crippen LogP contribution is 2.51. The summed E-state index contributed by atoms with van der Waals surface area (Å²) in [4.78, 5) is 2.76. The Balaban J connectivity index is 2.17. The van der Waals surface area contributed by atoms with Crippen LogP contribution in [0.2, 0.25) is 0 Å². The smallest absolute Gasteiger partial charge is 0.0137 e. The molecule has 1 aliphatic carbocycles. The first-order valence-corrected chi connectivity index (χ1v) is 6.46. The summed E-state index contributed by atoms with van der Waals surface area (Å²) in [6.45, 7) is 15.7. The van der Waals surface area contributed by atoms with Gasteiger partial charge in [-0.3, -0.25) is 4.90 Å². The average molecular weight is 209 g/mol. The molecule has 1 saturated heterocycles. The maximum atomic E-state index is 2.76. The van der Waals surface area contributed by atoms with E-state index < -0.39 is 0 Å². The van der Waals surface area contributed by atoms with E-state index >= 15 is 0 Å². The minimum atomic E-state index is 0.364. The van der Waals surface area contributed by atoms with Crippen LogP contribution >= 0.6 is 0 Å². The van der Waals surface area contributed by atoms with Gasteiger partial charge in [0.1, 0.15) is 0 Å². The van der Waals surface area contributed by atoms with Gasteiger partial charge in [-0.25, -0.2) is 0 Å². The first-order valence-electron chi connectivity index (χ1n) is 6.46. The van der Waals surface area contributed by atoms with Gasteiger partial charge in [-0.2, -0.15) is 0 Å². The van der Waals surface area contributed by atoms with Crippen molar-refractivity contribution in [3.8, 4) is 0 Å². The Morgan fingerprint density at radius 2 is 1.53 bits per heavy atom. The molecule has 1 nitrogen and oxygen atoms in total. The molecule has 0 aromatic heterocycles. The van der Waals surface area contributed by atoms with Crippen LogP contribution in [0.4, 0.5) is 0 Å². The number of hydrogen-bond donors (Lipinski definition) is 0. The second-order valence-electron chi connectivity index (χ2n) is 7.70. The van der Waals surface area contributed by atoms with Crippen LogP contribution in [0.1, 0.15) is 54.4 Å². The lowest BCUT2D eigenvalue weighted by atomic mass is 9.75. The standard InChI is InChI=1S/C14H27N/c1-13(2,3)11-7-10-8-12(11)15(9-10)14(4,5)6/h10-12H,7-9H2,1-6H3. The number of hydrogen-bond acceptors (Lipinski definition) is 1. The number of rotatable bonds is 0. The predicted molar refractivity (Wildman–Crippen MR) is 65.9 cm³/mol. The number of nitrogens with zero attached hydrogens (tertiary/aromatic N) is 1. The Hall–Kier alpha value is -0.0400. The molecule has 1 saturated carbocycles. The topological polar surface area (TPSA) is 3.24 Å². The largest absolute Gasteiger partial charge is 0.295 e. The van der Waals surface area contributed by atoms with Crippen molar-refractivity contribution in [3.05, 3.63) is 0 Å². The van der Waals surface area contributed by atoms with E-state index in [-0.39, 0.29) is 0 Å². The predicted octanol–water partition coefficient (Wildman–Crippen LogP) is 3.54. The maximum absolute atomic E-state index is 2.76. The van der Waals surface area contributed by atoms with E-state index in [2.05, 4.69) is 46.4 Å². The molecule has 0 aromatic rings. The highest BCUT2D eigenvalue weighted by atomic mass is 15.3. The molecule has 1 heteroatoms. The van der Waals surface area contributed by atoms with Crippen molar-refractivity contribution in [3.63, 3.8) is 0 Å². The highest BCUT2D eigenvalue weighted by molar-refractivity contribution is 5.04.